The Hall–Kier alpha value is -1.41. The summed E-state index contributed by atoms with van der Waals surface area (Å²) in [6, 6.07) is 6.35. The predicted octanol–water partition coefficient (Wildman–Crippen LogP) is 3.15. The zero-order valence-electron chi connectivity index (χ0n) is 9.67. The molecule has 1 N–H and O–H groups in total. The lowest BCUT2D eigenvalue weighted by Gasteiger charge is -2.21. The molecule has 1 aromatic rings. The first-order valence-corrected chi connectivity index (χ1v) is 6.54. The number of hydrogen-bond acceptors (Lipinski definition) is 2. The van der Waals surface area contributed by atoms with Crippen LogP contribution in [0.15, 0.2) is 22.7 Å². The van der Waals surface area contributed by atoms with Crippen molar-refractivity contribution < 1.29 is 9.18 Å². The Bertz CT molecular complexity index is 518. The summed E-state index contributed by atoms with van der Waals surface area (Å²) in [6.07, 6.45) is 3.19. The Morgan fingerprint density at radius 2 is 2.11 bits per heavy atom. The summed E-state index contributed by atoms with van der Waals surface area (Å²) in [5.74, 6) is -0.884. The highest BCUT2D eigenvalue weighted by Crippen LogP contribution is 2.29. The van der Waals surface area contributed by atoms with Gasteiger partial charge >= 0.3 is 0 Å². The number of nitrogens with zero attached hydrogens (tertiary/aromatic N) is 1. The van der Waals surface area contributed by atoms with Gasteiger partial charge < -0.3 is 5.32 Å². The van der Waals surface area contributed by atoms with E-state index in [1.807, 2.05) is 0 Å². The van der Waals surface area contributed by atoms with Crippen molar-refractivity contribution in [2.75, 3.05) is 0 Å². The highest BCUT2D eigenvalue weighted by molar-refractivity contribution is 9.10. The molecule has 18 heavy (non-hydrogen) atoms. The maximum absolute atomic E-state index is 13.3. The van der Waals surface area contributed by atoms with Gasteiger partial charge in [0.05, 0.1) is 10.5 Å². The van der Waals surface area contributed by atoms with Gasteiger partial charge in [0.2, 0.25) is 0 Å². The van der Waals surface area contributed by atoms with Crippen LogP contribution in [0.4, 0.5) is 4.39 Å². The summed E-state index contributed by atoms with van der Waals surface area (Å²) >= 11 is 3.03. The molecule has 1 fully saturated rings. The maximum Gasteiger partial charge on any atom is 0.252 e. The molecule has 0 unspecified atom stereocenters. The normalized spacial score (nSPS) is 17.2. The topological polar surface area (TPSA) is 52.9 Å². The van der Waals surface area contributed by atoms with Crippen molar-refractivity contribution in [3.05, 3.63) is 34.1 Å². The molecule has 0 spiro atoms. The third kappa shape index (κ3) is 2.54. The molecule has 1 saturated carbocycles. The summed E-state index contributed by atoms with van der Waals surface area (Å²) in [7, 11) is 0. The standard InChI is InChI=1S/C13H12BrFN2O/c14-10-4-3-9(7-11(10)15)12(18)17-13(8-16)5-1-2-6-13/h3-4,7H,1-2,5-6H2,(H,17,18). The summed E-state index contributed by atoms with van der Waals surface area (Å²) < 4.78 is 13.7. The molecule has 1 aromatic carbocycles. The molecule has 0 bridgehead atoms. The molecule has 5 heteroatoms. The molecule has 0 aromatic heterocycles. The van der Waals surface area contributed by atoms with Crippen molar-refractivity contribution in [3.8, 4) is 6.07 Å². The van der Waals surface area contributed by atoms with E-state index in [-0.39, 0.29) is 5.56 Å². The summed E-state index contributed by atoms with van der Waals surface area (Å²) in [5.41, 5.74) is -0.544. The number of rotatable bonds is 2. The van der Waals surface area contributed by atoms with Crippen LogP contribution in [-0.4, -0.2) is 11.4 Å². The molecule has 94 valence electrons. The Morgan fingerprint density at radius 3 is 2.67 bits per heavy atom. The van der Waals surface area contributed by atoms with Crippen molar-refractivity contribution in [2.45, 2.75) is 31.2 Å². The van der Waals surface area contributed by atoms with Gasteiger partial charge in [0, 0.05) is 5.56 Å². The third-order valence-corrected chi connectivity index (χ3v) is 3.85. The molecule has 1 aliphatic rings. The summed E-state index contributed by atoms with van der Waals surface area (Å²) in [6.45, 7) is 0. The van der Waals surface area contributed by atoms with E-state index in [1.54, 1.807) is 0 Å². The second kappa shape index (κ2) is 5.07. The number of benzene rings is 1. The van der Waals surface area contributed by atoms with Gasteiger partial charge in [-0.15, -0.1) is 0 Å². The number of nitriles is 1. The Kier molecular flexibility index (Phi) is 3.67. The molecule has 0 atom stereocenters. The number of hydrogen-bond donors (Lipinski definition) is 1. The van der Waals surface area contributed by atoms with E-state index in [0.29, 0.717) is 17.3 Å². The fourth-order valence-corrected chi connectivity index (χ4v) is 2.42. The van der Waals surface area contributed by atoms with Gasteiger partial charge in [-0.1, -0.05) is 0 Å². The lowest BCUT2D eigenvalue weighted by Crippen LogP contribution is -2.45. The van der Waals surface area contributed by atoms with Crippen LogP contribution < -0.4 is 5.32 Å². The Morgan fingerprint density at radius 1 is 1.44 bits per heavy atom. The lowest BCUT2D eigenvalue weighted by atomic mass is 9.99. The van der Waals surface area contributed by atoms with Crippen LogP contribution in [0.25, 0.3) is 0 Å². The highest BCUT2D eigenvalue weighted by atomic mass is 79.9. The highest BCUT2D eigenvalue weighted by Gasteiger charge is 2.35. The Labute approximate surface area is 113 Å². The maximum atomic E-state index is 13.3. The second-order valence-corrected chi connectivity index (χ2v) is 5.34. The summed E-state index contributed by atoms with van der Waals surface area (Å²) in [5, 5.41) is 11.9. The SMILES string of the molecule is N#CC1(NC(=O)c2ccc(Br)c(F)c2)CCCC1. The van der Waals surface area contributed by atoms with E-state index < -0.39 is 17.3 Å². The van der Waals surface area contributed by atoms with E-state index in [9.17, 15) is 9.18 Å². The fraction of sp³-hybridized carbons (Fsp3) is 0.385. The van der Waals surface area contributed by atoms with Crippen LogP contribution in [0, 0.1) is 17.1 Å². The summed E-state index contributed by atoms with van der Waals surface area (Å²) in [4.78, 5) is 12.0. The molecular weight excluding hydrogens is 299 g/mol. The van der Waals surface area contributed by atoms with E-state index in [4.69, 9.17) is 5.26 Å². The van der Waals surface area contributed by atoms with Gasteiger partial charge in [-0.05, 0) is 59.8 Å². The first kappa shape index (κ1) is 13.0. The van der Waals surface area contributed by atoms with Gasteiger partial charge in [0.1, 0.15) is 11.4 Å². The molecular formula is C13H12BrFN2O. The molecule has 1 aliphatic carbocycles. The van der Waals surface area contributed by atoms with Gasteiger partial charge in [0.15, 0.2) is 0 Å². The smallest absolute Gasteiger partial charge is 0.252 e. The van der Waals surface area contributed by atoms with Gasteiger partial charge in [-0.3, -0.25) is 4.79 Å². The molecule has 1 amide bonds. The van der Waals surface area contributed by atoms with E-state index in [0.717, 1.165) is 12.8 Å². The minimum atomic E-state index is -0.777. The number of carbonyl (C=O) groups excluding carboxylic acids is 1. The number of nitrogens with one attached hydrogen (secondary N) is 1. The van der Waals surface area contributed by atoms with Crippen molar-refractivity contribution >= 4 is 21.8 Å². The fourth-order valence-electron chi connectivity index (χ4n) is 2.17. The minimum absolute atomic E-state index is 0.234. The lowest BCUT2D eigenvalue weighted by molar-refractivity contribution is 0.0920. The van der Waals surface area contributed by atoms with E-state index >= 15 is 0 Å². The molecule has 0 radical (unpaired) electrons. The molecule has 0 heterocycles. The van der Waals surface area contributed by atoms with Crippen LogP contribution in [0.3, 0.4) is 0 Å². The monoisotopic (exact) mass is 310 g/mol. The number of halogens is 2. The predicted molar refractivity (Wildman–Crippen MR) is 68.4 cm³/mol. The molecule has 0 saturated heterocycles. The van der Waals surface area contributed by atoms with Gasteiger partial charge in [0.25, 0.3) is 5.91 Å². The van der Waals surface area contributed by atoms with Crippen molar-refractivity contribution in [1.29, 1.82) is 5.26 Å². The molecule has 0 aliphatic heterocycles. The average molecular weight is 311 g/mol. The van der Waals surface area contributed by atoms with Crippen LogP contribution >= 0.6 is 15.9 Å². The first-order valence-electron chi connectivity index (χ1n) is 5.75. The largest absolute Gasteiger partial charge is 0.334 e. The Balaban J connectivity index is 2.17. The van der Waals surface area contributed by atoms with Crippen LogP contribution in [-0.2, 0) is 0 Å². The van der Waals surface area contributed by atoms with Crippen LogP contribution in [0.5, 0.6) is 0 Å². The zero-order chi connectivity index (χ0) is 13.2. The number of carbonyl (C=O) groups is 1. The van der Waals surface area contributed by atoms with Crippen LogP contribution in [0.1, 0.15) is 36.0 Å². The van der Waals surface area contributed by atoms with Crippen LogP contribution in [0.2, 0.25) is 0 Å². The third-order valence-electron chi connectivity index (χ3n) is 3.21. The van der Waals surface area contributed by atoms with Crippen molar-refractivity contribution in [1.82, 2.24) is 5.32 Å². The zero-order valence-corrected chi connectivity index (χ0v) is 11.3. The van der Waals surface area contributed by atoms with Crippen molar-refractivity contribution in [2.24, 2.45) is 0 Å². The van der Waals surface area contributed by atoms with Gasteiger partial charge in [-0.25, -0.2) is 4.39 Å². The van der Waals surface area contributed by atoms with Gasteiger partial charge in [-0.2, -0.15) is 5.26 Å². The quantitative estimate of drug-likeness (QED) is 0.912. The minimum Gasteiger partial charge on any atom is -0.334 e. The molecule has 2 rings (SSSR count). The average Bonchev–Trinajstić information content (AvgIpc) is 2.82. The van der Waals surface area contributed by atoms with E-state index in [2.05, 4.69) is 27.3 Å². The van der Waals surface area contributed by atoms with E-state index in [1.165, 1.54) is 18.2 Å². The number of amides is 1. The second-order valence-electron chi connectivity index (χ2n) is 4.48. The molecule has 3 nitrogen and oxygen atoms in total. The van der Waals surface area contributed by atoms with Crippen molar-refractivity contribution in [3.63, 3.8) is 0 Å². The first-order chi connectivity index (χ1) is 8.56.